The van der Waals surface area contributed by atoms with Crippen LogP contribution in [0.5, 0.6) is 0 Å². The van der Waals surface area contributed by atoms with Crippen molar-refractivity contribution in [3.8, 4) is 0 Å². The maximum Gasteiger partial charge on any atom is 0.245 e. The lowest BCUT2D eigenvalue weighted by Gasteiger charge is -2.05. The first kappa shape index (κ1) is 11.8. The summed E-state index contributed by atoms with van der Waals surface area (Å²) in [5.74, 6) is -0.159. The van der Waals surface area contributed by atoms with Gasteiger partial charge in [0.15, 0.2) is 4.80 Å². The molecule has 1 aromatic heterocycles. The van der Waals surface area contributed by atoms with E-state index in [1.165, 1.54) is 23.8 Å². The number of hydrogen-bond donors (Lipinski definition) is 0. The minimum Gasteiger partial charge on any atom is -0.317 e. The van der Waals surface area contributed by atoms with Gasteiger partial charge in [0, 0.05) is 18.0 Å². The van der Waals surface area contributed by atoms with Gasteiger partial charge in [0.05, 0.1) is 6.54 Å². The summed E-state index contributed by atoms with van der Waals surface area (Å²) >= 11 is 1.50. The second-order valence-electron chi connectivity index (χ2n) is 3.86. The number of carbonyl (C=O) groups excluding carboxylic acids is 1. The third kappa shape index (κ3) is 2.91. The molecule has 0 aliphatic rings. The molecule has 3 nitrogen and oxygen atoms in total. The lowest BCUT2D eigenvalue weighted by atomic mass is 10.2. The molecule has 17 heavy (non-hydrogen) atoms. The molecule has 0 aliphatic carbocycles. The van der Waals surface area contributed by atoms with Crippen molar-refractivity contribution in [3.05, 3.63) is 51.8 Å². The first-order valence-electron chi connectivity index (χ1n) is 5.41. The zero-order valence-electron chi connectivity index (χ0n) is 9.88. The fourth-order valence-electron chi connectivity index (χ4n) is 1.60. The number of rotatable bonds is 2. The van der Waals surface area contributed by atoms with Crippen LogP contribution in [0.4, 0.5) is 0 Å². The second kappa shape index (κ2) is 5.10. The van der Waals surface area contributed by atoms with E-state index in [1.54, 1.807) is 0 Å². The third-order valence-corrected chi connectivity index (χ3v) is 3.41. The number of nitrogens with zero attached hydrogens (tertiary/aromatic N) is 2. The molecular weight excluding hydrogens is 232 g/mol. The van der Waals surface area contributed by atoms with Crippen LogP contribution >= 0.6 is 11.3 Å². The maximum absolute atomic E-state index is 11.1. The van der Waals surface area contributed by atoms with Gasteiger partial charge in [-0.15, -0.1) is 11.3 Å². The number of hydrogen-bond acceptors (Lipinski definition) is 2. The van der Waals surface area contributed by atoms with Crippen molar-refractivity contribution in [1.29, 1.82) is 0 Å². The van der Waals surface area contributed by atoms with Crippen LogP contribution in [0.1, 0.15) is 18.2 Å². The Morgan fingerprint density at radius 1 is 1.35 bits per heavy atom. The Hall–Kier alpha value is -1.68. The van der Waals surface area contributed by atoms with E-state index in [4.69, 9.17) is 0 Å². The highest BCUT2D eigenvalue weighted by Crippen LogP contribution is 2.05. The van der Waals surface area contributed by atoms with Crippen LogP contribution in [-0.4, -0.2) is 10.5 Å². The standard InChI is InChI=1S/C13H14N2OS/c1-10-9-17-13(14-11(2)16)15(10)8-12-6-4-3-5-7-12/h3-7,9H,8H2,1-2H3. The van der Waals surface area contributed by atoms with Crippen LogP contribution in [0.15, 0.2) is 40.7 Å². The predicted octanol–water partition coefficient (Wildman–Crippen LogP) is 2.35. The van der Waals surface area contributed by atoms with Crippen molar-refractivity contribution in [2.75, 3.05) is 0 Å². The van der Waals surface area contributed by atoms with Gasteiger partial charge in [-0.05, 0) is 12.5 Å². The van der Waals surface area contributed by atoms with Crippen molar-refractivity contribution < 1.29 is 4.79 Å². The number of benzene rings is 1. The molecule has 88 valence electrons. The average Bonchev–Trinajstić information content (AvgIpc) is 2.62. The van der Waals surface area contributed by atoms with Gasteiger partial charge in [-0.25, -0.2) is 0 Å². The molecule has 0 fully saturated rings. The highest BCUT2D eigenvalue weighted by atomic mass is 32.1. The molecule has 0 aliphatic heterocycles. The molecule has 1 heterocycles. The number of amides is 1. The molecule has 4 heteroatoms. The fourth-order valence-corrected chi connectivity index (χ4v) is 2.52. The molecule has 0 radical (unpaired) electrons. The maximum atomic E-state index is 11.1. The van der Waals surface area contributed by atoms with E-state index in [0.29, 0.717) is 0 Å². The summed E-state index contributed by atoms with van der Waals surface area (Å²) in [5, 5.41) is 2.02. The van der Waals surface area contributed by atoms with Crippen molar-refractivity contribution >= 4 is 17.2 Å². The fraction of sp³-hybridized carbons (Fsp3) is 0.231. The van der Waals surface area contributed by atoms with Crippen LogP contribution in [0.2, 0.25) is 0 Å². The van der Waals surface area contributed by atoms with Gasteiger partial charge in [0.25, 0.3) is 0 Å². The highest BCUT2D eigenvalue weighted by Gasteiger charge is 2.02. The molecular formula is C13H14N2OS. The molecule has 2 aromatic rings. The zero-order chi connectivity index (χ0) is 12.3. The van der Waals surface area contributed by atoms with Gasteiger partial charge in [-0.3, -0.25) is 4.79 Å². The topological polar surface area (TPSA) is 34.4 Å². The van der Waals surface area contributed by atoms with E-state index in [9.17, 15) is 4.79 Å². The lowest BCUT2D eigenvalue weighted by Crippen LogP contribution is -2.18. The largest absolute Gasteiger partial charge is 0.317 e. The van der Waals surface area contributed by atoms with Gasteiger partial charge in [0.2, 0.25) is 5.91 Å². The summed E-state index contributed by atoms with van der Waals surface area (Å²) in [6.45, 7) is 4.25. The summed E-state index contributed by atoms with van der Waals surface area (Å²) < 4.78 is 2.06. The van der Waals surface area contributed by atoms with Crippen LogP contribution in [-0.2, 0) is 11.3 Å². The first-order chi connectivity index (χ1) is 8.16. The number of thiazole rings is 1. The molecule has 2 rings (SSSR count). The van der Waals surface area contributed by atoms with Gasteiger partial charge >= 0.3 is 0 Å². The molecule has 0 saturated heterocycles. The average molecular weight is 246 g/mol. The normalized spacial score (nSPS) is 11.8. The molecule has 0 bridgehead atoms. The highest BCUT2D eigenvalue weighted by molar-refractivity contribution is 7.07. The minimum absolute atomic E-state index is 0.159. The van der Waals surface area contributed by atoms with Gasteiger partial charge in [-0.2, -0.15) is 4.99 Å². The monoisotopic (exact) mass is 246 g/mol. The van der Waals surface area contributed by atoms with Gasteiger partial charge in [-0.1, -0.05) is 30.3 Å². The quantitative estimate of drug-likeness (QED) is 0.801. The van der Waals surface area contributed by atoms with E-state index in [0.717, 1.165) is 17.0 Å². The molecule has 0 spiro atoms. The van der Waals surface area contributed by atoms with Crippen molar-refractivity contribution in [2.45, 2.75) is 20.4 Å². The van der Waals surface area contributed by atoms with Crippen molar-refractivity contribution in [2.24, 2.45) is 4.99 Å². The molecule has 0 unspecified atom stereocenters. The number of aryl methyl sites for hydroxylation is 1. The Balaban J connectivity index is 2.39. The Kier molecular flexibility index (Phi) is 3.54. The third-order valence-electron chi connectivity index (χ3n) is 2.43. The Morgan fingerprint density at radius 2 is 2.06 bits per heavy atom. The van der Waals surface area contributed by atoms with Crippen molar-refractivity contribution in [3.63, 3.8) is 0 Å². The van der Waals surface area contributed by atoms with E-state index in [1.807, 2.05) is 30.5 Å². The van der Waals surface area contributed by atoms with E-state index in [2.05, 4.69) is 21.7 Å². The predicted molar refractivity (Wildman–Crippen MR) is 68.8 cm³/mol. The van der Waals surface area contributed by atoms with Crippen LogP contribution in [0, 0.1) is 6.92 Å². The summed E-state index contributed by atoms with van der Waals surface area (Å²) in [4.78, 5) is 15.8. The van der Waals surface area contributed by atoms with E-state index in [-0.39, 0.29) is 5.91 Å². The molecule has 1 amide bonds. The Bertz CT molecular complexity index is 581. The Morgan fingerprint density at radius 3 is 2.71 bits per heavy atom. The second-order valence-corrected chi connectivity index (χ2v) is 4.70. The summed E-state index contributed by atoms with van der Waals surface area (Å²) in [5.41, 5.74) is 2.33. The molecule has 0 N–H and O–H groups in total. The van der Waals surface area contributed by atoms with Crippen LogP contribution in [0.3, 0.4) is 0 Å². The molecule has 1 aromatic carbocycles. The van der Waals surface area contributed by atoms with E-state index >= 15 is 0 Å². The van der Waals surface area contributed by atoms with Gasteiger partial charge < -0.3 is 4.57 Å². The number of carbonyl (C=O) groups is 1. The molecule has 0 saturated carbocycles. The van der Waals surface area contributed by atoms with E-state index < -0.39 is 0 Å². The summed E-state index contributed by atoms with van der Waals surface area (Å²) in [6, 6.07) is 10.2. The minimum atomic E-state index is -0.159. The van der Waals surface area contributed by atoms with Gasteiger partial charge in [0.1, 0.15) is 0 Å². The Labute approximate surface area is 104 Å². The lowest BCUT2D eigenvalue weighted by molar-refractivity contribution is -0.116. The summed E-state index contributed by atoms with van der Waals surface area (Å²) in [6.07, 6.45) is 0. The SMILES string of the molecule is CC(=O)N=c1scc(C)n1Cc1ccccc1. The molecule has 0 atom stereocenters. The summed E-state index contributed by atoms with van der Waals surface area (Å²) in [7, 11) is 0. The zero-order valence-corrected chi connectivity index (χ0v) is 10.7. The van der Waals surface area contributed by atoms with Crippen molar-refractivity contribution in [1.82, 2.24) is 4.57 Å². The van der Waals surface area contributed by atoms with Crippen LogP contribution in [0.25, 0.3) is 0 Å². The number of aromatic nitrogens is 1. The van der Waals surface area contributed by atoms with Crippen LogP contribution < -0.4 is 4.80 Å². The first-order valence-corrected chi connectivity index (χ1v) is 6.29. The smallest absolute Gasteiger partial charge is 0.245 e.